The minimum atomic E-state index is -0.592. The summed E-state index contributed by atoms with van der Waals surface area (Å²) in [5, 5.41) is 3.41. The van der Waals surface area contributed by atoms with Gasteiger partial charge in [0.1, 0.15) is 11.8 Å². The lowest BCUT2D eigenvalue weighted by Gasteiger charge is -2.31. The topological polar surface area (TPSA) is 58.6 Å². The summed E-state index contributed by atoms with van der Waals surface area (Å²) < 4.78 is 6.52. The second kappa shape index (κ2) is 12.1. The number of hydrogen-bond donors (Lipinski definition) is 1. The first-order valence-electron chi connectivity index (χ1n) is 10.5. The Balaban J connectivity index is 2.23. The molecule has 0 fully saturated rings. The van der Waals surface area contributed by atoms with Gasteiger partial charge >= 0.3 is 0 Å². The van der Waals surface area contributed by atoms with Gasteiger partial charge < -0.3 is 15.0 Å². The Bertz CT molecular complexity index is 906. The van der Waals surface area contributed by atoms with E-state index in [2.05, 4.69) is 21.2 Å². The Labute approximate surface area is 198 Å². The molecule has 0 bridgehead atoms. The van der Waals surface area contributed by atoms with E-state index >= 15 is 0 Å². The lowest BCUT2D eigenvalue weighted by molar-refractivity contribution is -0.143. The van der Waals surface area contributed by atoms with Crippen molar-refractivity contribution in [3.63, 3.8) is 0 Å². The molecule has 0 aliphatic carbocycles. The maximum absolute atomic E-state index is 13.2. The maximum atomic E-state index is 13.2. The number of nitrogens with zero attached hydrogens (tertiary/aromatic N) is 1. The van der Waals surface area contributed by atoms with Crippen LogP contribution in [-0.2, 0) is 16.1 Å². The predicted octanol–water partition coefficient (Wildman–Crippen LogP) is 5.51. The average Bonchev–Trinajstić information content (AvgIpc) is 2.72. The van der Waals surface area contributed by atoms with Crippen LogP contribution < -0.4 is 10.1 Å². The highest BCUT2D eigenvalue weighted by molar-refractivity contribution is 9.10. The van der Waals surface area contributed by atoms with Crippen LogP contribution in [-0.4, -0.2) is 35.4 Å². The van der Waals surface area contributed by atoms with Gasteiger partial charge in [0.2, 0.25) is 5.91 Å². The summed E-state index contributed by atoms with van der Waals surface area (Å²) in [6.07, 6.45) is 1.32. The molecule has 0 saturated carbocycles. The third kappa shape index (κ3) is 7.54. The molecule has 0 aliphatic rings. The molecule has 2 aromatic carbocycles. The zero-order valence-corrected chi connectivity index (χ0v) is 20.8. The average molecular weight is 510 g/mol. The van der Waals surface area contributed by atoms with Crippen molar-refractivity contribution in [2.75, 3.05) is 6.61 Å². The molecule has 2 amide bonds. The van der Waals surface area contributed by atoms with Gasteiger partial charge in [0.25, 0.3) is 5.91 Å². The minimum Gasteiger partial charge on any atom is -0.482 e. The summed E-state index contributed by atoms with van der Waals surface area (Å²) in [4.78, 5) is 27.7. The number of nitrogens with one attached hydrogen (secondary N) is 1. The molecule has 7 heteroatoms. The molecule has 2 rings (SSSR count). The van der Waals surface area contributed by atoms with Gasteiger partial charge in [0.15, 0.2) is 6.61 Å². The van der Waals surface area contributed by atoms with Gasteiger partial charge in [0.05, 0.1) is 5.02 Å². The molecule has 2 aromatic rings. The number of benzene rings is 2. The van der Waals surface area contributed by atoms with E-state index in [1.165, 1.54) is 0 Å². The molecule has 0 radical (unpaired) electrons. The van der Waals surface area contributed by atoms with Gasteiger partial charge in [-0.3, -0.25) is 9.59 Å². The molecule has 0 heterocycles. The van der Waals surface area contributed by atoms with E-state index in [0.717, 1.165) is 22.0 Å². The van der Waals surface area contributed by atoms with Crippen LogP contribution in [0.5, 0.6) is 5.75 Å². The lowest BCUT2D eigenvalue weighted by atomic mass is 10.1. The van der Waals surface area contributed by atoms with Crippen LogP contribution in [0, 0.1) is 6.92 Å². The standard InChI is InChI=1S/C24H30BrClN2O3/c1-5-17(4)27-24(30)21(6-2)28(14-18-9-7-8-16(3)12-18)23(29)15-31-22-11-10-19(25)13-20(22)26/h7-13,17,21H,5-6,14-15H2,1-4H3,(H,27,30)/t17-,21+/m1/s1. The van der Waals surface area contributed by atoms with Crippen molar-refractivity contribution in [3.8, 4) is 5.75 Å². The highest BCUT2D eigenvalue weighted by Crippen LogP contribution is 2.28. The van der Waals surface area contributed by atoms with Crippen LogP contribution in [0.25, 0.3) is 0 Å². The Morgan fingerprint density at radius 1 is 1.16 bits per heavy atom. The first-order chi connectivity index (χ1) is 14.7. The fourth-order valence-corrected chi connectivity index (χ4v) is 3.91. The van der Waals surface area contributed by atoms with Crippen LogP contribution in [0.2, 0.25) is 5.02 Å². The van der Waals surface area contributed by atoms with Crippen LogP contribution in [0.15, 0.2) is 46.9 Å². The molecular formula is C24H30BrClN2O3. The number of halogens is 2. The van der Waals surface area contributed by atoms with E-state index < -0.39 is 6.04 Å². The number of carbonyl (C=O) groups is 2. The Morgan fingerprint density at radius 3 is 2.52 bits per heavy atom. The van der Waals surface area contributed by atoms with Crippen LogP contribution >= 0.6 is 27.5 Å². The molecule has 0 aromatic heterocycles. The summed E-state index contributed by atoms with van der Waals surface area (Å²) in [5.41, 5.74) is 2.06. The van der Waals surface area contributed by atoms with Crippen molar-refractivity contribution in [1.82, 2.24) is 10.2 Å². The van der Waals surface area contributed by atoms with Crippen molar-refractivity contribution in [3.05, 3.63) is 63.1 Å². The molecule has 0 saturated heterocycles. The molecule has 168 valence electrons. The Kier molecular flexibility index (Phi) is 9.85. The van der Waals surface area contributed by atoms with E-state index in [-0.39, 0.29) is 24.5 Å². The van der Waals surface area contributed by atoms with Crippen molar-refractivity contribution in [1.29, 1.82) is 0 Å². The highest BCUT2D eigenvalue weighted by atomic mass is 79.9. The zero-order chi connectivity index (χ0) is 23.0. The summed E-state index contributed by atoms with van der Waals surface area (Å²) in [6.45, 7) is 7.99. The van der Waals surface area contributed by atoms with Gasteiger partial charge in [0, 0.05) is 17.1 Å². The summed E-state index contributed by atoms with van der Waals surface area (Å²) in [6, 6.07) is 12.6. The van der Waals surface area contributed by atoms with E-state index in [4.69, 9.17) is 16.3 Å². The molecule has 0 unspecified atom stereocenters. The van der Waals surface area contributed by atoms with Gasteiger partial charge in [-0.15, -0.1) is 0 Å². The normalized spacial score (nSPS) is 12.7. The predicted molar refractivity (Wildman–Crippen MR) is 128 cm³/mol. The van der Waals surface area contributed by atoms with Crippen molar-refractivity contribution in [2.24, 2.45) is 0 Å². The SMILES string of the molecule is CC[C@@H](C)NC(=O)[C@H](CC)N(Cc1cccc(C)c1)C(=O)COc1ccc(Br)cc1Cl. The number of aryl methyl sites for hydroxylation is 1. The Hall–Kier alpha value is -2.05. The molecule has 5 nitrogen and oxygen atoms in total. The van der Waals surface area contributed by atoms with E-state index in [1.807, 2.05) is 52.0 Å². The Morgan fingerprint density at radius 2 is 1.90 bits per heavy atom. The second-order valence-corrected chi connectivity index (χ2v) is 8.94. The molecule has 31 heavy (non-hydrogen) atoms. The fraction of sp³-hybridized carbons (Fsp3) is 0.417. The van der Waals surface area contributed by atoms with Gasteiger partial charge in [-0.2, -0.15) is 0 Å². The third-order valence-corrected chi connectivity index (χ3v) is 5.86. The minimum absolute atomic E-state index is 0.0373. The highest BCUT2D eigenvalue weighted by Gasteiger charge is 2.29. The van der Waals surface area contributed by atoms with Crippen LogP contribution in [0.3, 0.4) is 0 Å². The van der Waals surface area contributed by atoms with E-state index in [1.54, 1.807) is 23.1 Å². The lowest BCUT2D eigenvalue weighted by Crippen LogP contribution is -2.51. The van der Waals surface area contributed by atoms with Crippen molar-refractivity contribution in [2.45, 2.75) is 59.2 Å². The number of amides is 2. The first-order valence-corrected chi connectivity index (χ1v) is 11.6. The van der Waals surface area contributed by atoms with E-state index in [0.29, 0.717) is 23.7 Å². The summed E-state index contributed by atoms with van der Waals surface area (Å²) in [7, 11) is 0. The van der Waals surface area contributed by atoms with Crippen molar-refractivity contribution < 1.29 is 14.3 Å². The van der Waals surface area contributed by atoms with Crippen molar-refractivity contribution >= 4 is 39.3 Å². The summed E-state index contributed by atoms with van der Waals surface area (Å²) in [5.74, 6) is -0.00278. The van der Waals surface area contributed by atoms with Crippen LogP contribution in [0.1, 0.15) is 44.7 Å². The smallest absolute Gasteiger partial charge is 0.261 e. The molecule has 0 spiro atoms. The van der Waals surface area contributed by atoms with Gasteiger partial charge in [-0.1, -0.05) is 71.2 Å². The van der Waals surface area contributed by atoms with Gasteiger partial charge in [-0.05, 0) is 50.5 Å². The van der Waals surface area contributed by atoms with Crippen LogP contribution in [0.4, 0.5) is 0 Å². The molecule has 2 atom stereocenters. The number of hydrogen-bond acceptors (Lipinski definition) is 3. The van der Waals surface area contributed by atoms with E-state index in [9.17, 15) is 9.59 Å². The number of ether oxygens (including phenoxy) is 1. The largest absolute Gasteiger partial charge is 0.482 e. The van der Waals surface area contributed by atoms with Gasteiger partial charge in [-0.25, -0.2) is 0 Å². The quantitative estimate of drug-likeness (QED) is 0.459. The first kappa shape index (κ1) is 25.2. The molecule has 1 N–H and O–H groups in total. The fourth-order valence-electron chi connectivity index (χ4n) is 3.18. The number of carbonyl (C=O) groups excluding carboxylic acids is 2. The zero-order valence-electron chi connectivity index (χ0n) is 18.5. The molecular weight excluding hydrogens is 480 g/mol. The summed E-state index contributed by atoms with van der Waals surface area (Å²) >= 11 is 9.56. The maximum Gasteiger partial charge on any atom is 0.261 e. The number of rotatable bonds is 10. The third-order valence-electron chi connectivity index (χ3n) is 5.07. The monoisotopic (exact) mass is 508 g/mol. The second-order valence-electron chi connectivity index (χ2n) is 7.62. The molecule has 0 aliphatic heterocycles.